The summed E-state index contributed by atoms with van der Waals surface area (Å²) in [4.78, 5) is 20.2. The number of carboxylic acid groups (broad SMARTS) is 2. The molecule has 0 bridgehead atoms. The molecule has 0 heterocycles. The number of halogens is 1. The van der Waals surface area contributed by atoms with Gasteiger partial charge in [0, 0.05) is 0 Å². The van der Waals surface area contributed by atoms with Gasteiger partial charge in [0.15, 0.2) is 6.10 Å². The van der Waals surface area contributed by atoms with Gasteiger partial charge in [-0.3, -0.25) is 4.79 Å². The maximum absolute atomic E-state index is 10.2. The van der Waals surface area contributed by atoms with Crippen LogP contribution in [-0.2, 0) is 9.59 Å². The van der Waals surface area contributed by atoms with Gasteiger partial charge in [0.05, 0.1) is 0 Å². The van der Waals surface area contributed by atoms with Crippen LogP contribution in [0.3, 0.4) is 0 Å². The Bertz CT molecular complexity index is 173. The van der Waals surface area contributed by atoms with Crippen LogP contribution >= 0.6 is 12.4 Å². The van der Waals surface area contributed by atoms with Crippen LogP contribution in [0.1, 0.15) is 0 Å². The number of likely N-dealkylation sites (N-methyl/N-ethyl adjacent to an activating group) is 1. The van der Waals surface area contributed by atoms with Crippen LogP contribution in [0, 0.1) is 0 Å². The maximum Gasteiger partial charge on any atom is 0.334 e. The van der Waals surface area contributed by atoms with Gasteiger partial charge in [0.1, 0.15) is 6.04 Å². The zero-order valence-electron chi connectivity index (χ0n) is 6.22. The highest BCUT2D eigenvalue weighted by molar-refractivity contribution is 5.85. The van der Waals surface area contributed by atoms with Crippen molar-refractivity contribution in [3.8, 4) is 0 Å². The van der Waals surface area contributed by atoms with Gasteiger partial charge in [-0.2, -0.15) is 0 Å². The second kappa shape index (κ2) is 5.76. The van der Waals surface area contributed by atoms with Crippen LogP contribution in [0.25, 0.3) is 0 Å². The molecule has 0 spiro atoms. The van der Waals surface area contributed by atoms with Crippen LogP contribution < -0.4 is 5.32 Å². The molecule has 2 atom stereocenters. The van der Waals surface area contributed by atoms with E-state index in [0.29, 0.717) is 0 Å². The van der Waals surface area contributed by atoms with E-state index in [1.54, 1.807) is 0 Å². The smallest absolute Gasteiger partial charge is 0.334 e. The lowest BCUT2D eigenvalue weighted by Crippen LogP contribution is -2.48. The standard InChI is InChI=1S/C5H9NO5.ClH/c1-6-2(4(8)9)3(7)5(10)11;/h2-3,6-7H,1H3,(H,8,9)(H,10,11);1H. The molecule has 0 aromatic heterocycles. The van der Waals surface area contributed by atoms with Crippen LogP contribution in [0.2, 0.25) is 0 Å². The highest BCUT2D eigenvalue weighted by atomic mass is 35.5. The summed E-state index contributed by atoms with van der Waals surface area (Å²) in [6, 6.07) is -1.47. The minimum absolute atomic E-state index is 0. The average molecular weight is 200 g/mol. The Kier molecular flexibility index (Phi) is 6.58. The summed E-state index contributed by atoms with van der Waals surface area (Å²) >= 11 is 0. The molecule has 6 nitrogen and oxygen atoms in total. The van der Waals surface area contributed by atoms with Gasteiger partial charge in [0.2, 0.25) is 0 Å². The molecule has 2 unspecified atom stereocenters. The molecule has 4 N–H and O–H groups in total. The zero-order chi connectivity index (χ0) is 9.02. The van der Waals surface area contributed by atoms with Crippen molar-refractivity contribution < 1.29 is 24.9 Å². The lowest BCUT2D eigenvalue weighted by atomic mass is 10.2. The van der Waals surface area contributed by atoms with Crippen molar-refractivity contribution in [2.24, 2.45) is 0 Å². The van der Waals surface area contributed by atoms with Crippen molar-refractivity contribution in [3.05, 3.63) is 0 Å². The van der Waals surface area contributed by atoms with Crippen LogP contribution in [-0.4, -0.2) is 46.5 Å². The normalized spacial score (nSPS) is 14.2. The molecule has 0 amide bonds. The fourth-order valence-electron chi connectivity index (χ4n) is 0.559. The summed E-state index contributed by atoms with van der Waals surface area (Å²) in [6.07, 6.45) is -1.92. The number of carboxylic acids is 2. The van der Waals surface area contributed by atoms with E-state index in [2.05, 4.69) is 5.32 Å². The van der Waals surface area contributed by atoms with Crippen molar-refractivity contribution in [3.63, 3.8) is 0 Å². The predicted octanol–water partition coefficient (Wildman–Crippen LogP) is -1.47. The number of nitrogens with one attached hydrogen (secondary N) is 1. The topological polar surface area (TPSA) is 107 Å². The molecule has 0 saturated carbocycles. The Morgan fingerprint density at radius 2 is 1.67 bits per heavy atom. The monoisotopic (exact) mass is 199 g/mol. The Hall–Kier alpha value is -0.850. The molecule has 7 heteroatoms. The molecule has 0 radical (unpaired) electrons. The molecule has 0 aliphatic rings. The molecule has 12 heavy (non-hydrogen) atoms. The first-order valence-electron chi connectivity index (χ1n) is 2.81. The number of rotatable bonds is 4. The number of hydrogen-bond acceptors (Lipinski definition) is 4. The van der Waals surface area contributed by atoms with Gasteiger partial charge in [-0.05, 0) is 7.05 Å². The van der Waals surface area contributed by atoms with Gasteiger partial charge in [-0.1, -0.05) is 0 Å². The lowest BCUT2D eigenvalue weighted by molar-refractivity contribution is -0.155. The third-order valence-corrected chi connectivity index (χ3v) is 1.15. The van der Waals surface area contributed by atoms with Crippen LogP contribution in [0.5, 0.6) is 0 Å². The molecule has 0 aliphatic carbocycles. The number of carbonyl (C=O) groups is 2. The first-order chi connectivity index (χ1) is 5.00. The number of aliphatic carboxylic acids is 2. The Morgan fingerprint density at radius 3 is 1.75 bits per heavy atom. The largest absolute Gasteiger partial charge is 0.480 e. The zero-order valence-corrected chi connectivity index (χ0v) is 7.04. The van der Waals surface area contributed by atoms with E-state index in [-0.39, 0.29) is 12.4 Å². The van der Waals surface area contributed by atoms with Crippen molar-refractivity contribution in [1.29, 1.82) is 0 Å². The molecule has 0 fully saturated rings. The summed E-state index contributed by atoms with van der Waals surface area (Å²) in [7, 11) is 1.25. The SMILES string of the molecule is CNC(C(=O)O)C(O)C(=O)O.Cl. The van der Waals surface area contributed by atoms with E-state index in [9.17, 15) is 9.59 Å². The molecule has 72 valence electrons. The second-order valence-electron chi connectivity index (χ2n) is 1.89. The maximum atomic E-state index is 10.2. The van der Waals surface area contributed by atoms with Gasteiger partial charge < -0.3 is 20.6 Å². The van der Waals surface area contributed by atoms with E-state index in [1.165, 1.54) is 7.05 Å². The first kappa shape index (κ1) is 13.7. The van der Waals surface area contributed by atoms with E-state index in [0.717, 1.165) is 0 Å². The van der Waals surface area contributed by atoms with Gasteiger partial charge in [0.25, 0.3) is 0 Å². The molecule has 0 aromatic carbocycles. The van der Waals surface area contributed by atoms with Crippen molar-refractivity contribution >= 4 is 24.3 Å². The third-order valence-electron chi connectivity index (χ3n) is 1.15. The Labute approximate surface area is 74.6 Å². The highest BCUT2D eigenvalue weighted by Crippen LogP contribution is 1.92. The summed E-state index contributed by atoms with van der Waals surface area (Å²) in [5, 5.41) is 27.4. The lowest BCUT2D eigenvalue weighted by Gasteiger charge is -2.13. The van der Waals surface area contributed by atoms with Crippen molar-refractivity contribution in [2.75, 3.05) is 7.05 Å². The van der Waals surface area contributed by atoms with Gasteiger partial charge in [-0.25, -0.2) is 4.79 Å². The number of aliphatic hydroxyl groups excluding tert-OH is 1. The fourth-order valence-corrected chi connectivity index (χ4v) is 0.559. The molecular weight excluding hydrogens is 190 g/mol. The minimum Gasteiger partial charge on any atom is -0.480 e. The van der Waals surface area contributed by atoms with E-state index in [4.69, 9.17) is 15.3 Å². The molecule has 0 aliphatic heterocycles. The average Bonchev–Trinajstić information content (AvgIpc) is 1.88. The first-order valence-corrected chi connectivity index (χ1v) is 2.81. The van der Waals surface area contributed by atoms with E-state index >= 15 is 0 Å². The molecular formula is C5H10ClNO5. The molecule has 0 aromatic rings. The quantitative estimate of drug-likeness (QED) is 0.440. The summed E-state index contributed by atoms with van der Waals surface area (Å²) in [6.45, 7) is 0. The second-order valence-corrected chi connectivity index (χ2v) is 1.89. The molecule has 0 saturated heterocycles. The van der Waals surface area contributed by atoms with Gasteiger partial charge >= 0.3 is 11.9 Å². The Balaban J connectivity index is 0. The van der Waals surface area contributed by atoms with E-state index < -0.39 is 24.1 Å². The van der Waals surface area contributed by atoms with Crippen LogP contribution in [0.15, 0.2) is 0 Å². The van der Waals surface area contributed by atoms with E-state index in [1.807, 2.05) is 0 Å². The van der Waals surface area contributed by atoms with Crippen molar-refractivity contribution in [1.82, 2.24) is 5.32 Å². The number of aliphatic hydroxyl groups is 1. The van der Waals surface area contributed by atoms with Gasteiger partial charge in [-0.15, -0.1) is 12.4 Å². The van der Waals surface area contributed by atoms with Crippen molar-refractivity contribution in [2.45, 2.75) is 12.1 Å². The summed E-state index contributed by atoms with van der Waals surface area (Å²) in [5.74, 6) is -2.96. The number of hydrogen-bond donors (Lipinski definition) is 4. The predicted molar refractivity (Wildman–Crippen MR) is 41.4 cm³/mol. The van der Waals surface area contributed by atoms with Crippen LogP contribution in [0.4, 0.5) is 0 Å². The molecule has 0 rings (SSSR count). The Morgan fingerprint density at radius 1 is 1.25 bits per heavy atom. The minimum atomic E-state index is -1.92. The third kappa shape index (κ3) is 3.51. The fraction of sp³-hybridized carbons (Fsp3) is 0.600. The summed E-state index contributed by atoms with van der Waals surface area (Å²) in [5.41, 5.74) is 0. The summed E-state index contributed by atoms with van der Waals surface area (Å²) < 4.78 is 0. The highest BCUT2D eigenvalue weighted by Gasteiger charge is 2.30.